The van der Waals surface area contributed by atoms with Crippen LogP contribution in [-0.2, 0) is 9.52 Å². The Kier molecular flexibility index (Phi) is 2.16. The summed E-state index contributed by atoms with van der Waals surface area (Å²) < 4.78 is 45.0. The van der Waals surface area contributed by atoms with Crippen molar-refractivity contribution < 1.29 is 17.4 Å². The van der Waals surface area contributed by atoms with Crippen molar-refractivity contribution in [2.45, 2.75) is 12.4 Å². The van der Waals surface area contributed by atoms with Gasteiger partial charge in [0.2, 0.25) is 0 Å². The maximum atomic E-state index is 11.5. The summed E-state index contributed by atoms with van der Waals surface area (Å²) in [5.41, 5.74) is -4.58. The molecule has 0 amide bonds. The molecule has 0 aliphatic rings. The normalized spacial score (nSPS) is 18.8. The molecule has 56 valence electrons. The minimum atomic E-state index is -4.58. The Bertz CT molecular complexity index is 196. The average molecular weight is 160 g/mol. The molecule has 0 heterocycles. The molecule has 0 radical (unpaired) electrons. The maximum absolute atomic E-state index is 11.5. The van der Waals surface area contributed by atoms with Gasteiger partial charge in [0, 0.05) is 6.26 Å². The van der Waals surface area contributed by atoms with Crippen LogP contribution >= 0.6 is 0 Å². The van der Waals surface area contributed by atoms with Crippen LogP contribution in [0.2, 0.25) is 0 Å². The van der Waals surface area contributed by atoms with Crippen molar-refractivity contribution in [2.24, 2.45) is 0 Å². The summed E-state index contributed by atoms with van der Waals surface area (Å²) in [6.45, 7) is 1.13. The Morgan fingerprint density at radius 1 is 1.44 bits per heavy atom. The van der Waals surface area contributed by atoms with Crippen LogP contribution in [0.5, 0.6) is 0 Å². The van der Waals surface area contributed by atoms with Crippen LogP contribution in [0, 0.1) is 0 Å². The minimum absolute atomic E-state index is 0.674. The number of halogens is 3. The van der Waals surface area contributed by atoms with Gasteiger partial charge < -0.3 is 0 Å². The van der Waals surface area contributed by atoms with Crippen LogP contribution in [0.4, 0.5) is 13.2 Å². The Labute approximate surface area is 51.9 Å². The van der Waals surface area contributed by atoms with Crippen molar-refractivity contribution >= 4 is 14.9 Å². The van der Waals surface area contributed by atoms with E-state index in [9.17, 15) is 17.4 Å². The van der Waals surface area contributed by atoms with Crippen molar-refractivity contribution in [3.05, 3.63) is 0 Å². The van der Waals surface area contributed by atoms with Gasteiger partial charge >= 0.3 is 5.51 Å². The lowest BCUT2D eigenvalue weighted by Gasteiger charge is -2.06. The van der Waals surface area contributed by atoms with Crippen molar-refractivity contribution in [1.82, 2.24) is 0 Å². The Morgan fingerprint density at radius 2 is 1.78 bits per heavy atom. The fourth-order valence-electron chi connectivity index (χ4n) is 0.134. The van der Waals surface area contributed by atoms with E-state index in [-0.39, 0.29) is 0 Å². The third kappa shape index (κ3) is 1.89. The Balaban J connectivity index is 4.80. The van der Waals surface area contributed by atoms with Gasteiger partial charge in [0.05, 0.1) is 9.52 Å². The molecule has 0 saturated carbocycles. The molecule has 0 spiro atoms. The summed E-state index contributed by atoms with van der Waals surface area (Å²) in [4.78, 5) is 0. The summed E-state index contributed by atoms with van der Waals surface area (Å²) in [6, 6.07) is 0. The number of rotatable bonds is 0. The smallest absolute Gasteiger partial charge is 0.259 e. The zero-order valence-electron chi connectivity index (χ0n) is 5.03. The highest BCUT2D eigenvalue weighted by Crippen LogP contribution is 2.21. The highest BCUT2D eigenvalue weighted by atomic mass is 32.2. The van der Waals surface area contributed by atoms with Crippen molar-refractivity contribution in [2.75, 3.05) is 6.26 Å². The molecule has 9 heavy (non-hydrogen) atoms. The predicted molar refractivity (Wildman–Crippen MR) is 31.9 cm³/mol. The number of hydrogen-bond acceptors (Lipinski definition) is 1. The zero-order chi connectivity index (χ0) is 7.71. The molecule has 0 aromatic carbocycles. The first-order valence-electron chi connectivity index (χ1n) is 2.16. The van der Waals surface area contributed by atoms with E-state index in [1.54, 1.807) is 0 Å². The first-order valence-corrected chi connectivity index (χ1v) is 4.19. The zero-order valence-corrected chi connectivity index (χ0v) is 5.84. The number of hydrogen-bond donors (Lipinski definition) is 0. The Hall–Kier alpha value is -0.190. The molecule has 1 unspecified atom stereocenters. The van der Waals surface area contributed by atoms with Crippen LogP contribution in [0.1, 0.15) is 6.92 Å². The van der Waals surface area contributed by atoms with E-state index in [4.69, 9.17) is 0 Å². The molecular formula is C4H7F3OS. The second-order valence-corrected chi connectivity index (χ2v) is 4.33. The van der Waals surface area contributed by atoms with Gasteiger partial charge in [0.1, 0.15) is 0 Å². The van der Waals surface area contributed by atoms with E-state index in [1.165, 1.54) is 0 Å². The minimum Gasteiger partial charge on any atom is -0.259 e. The van der Waals surface area contributed by atoms with E-state index in [0.29, 0.717) is 11.6 Å². The van der Waals surface area contributed by atoms with Crippen molar-refractivity contribution in [1.29, 1.82) is 0 Å². The maximum Gasteiger partial charge on any atom is 0.463 e. The van der Waals surface area contributed by atoms with Crippen molar-refractivity contribution in [3.63, 3.8) is 0 Å². The van der Waals surface area contributed by atoms with Crippen LogP contribution in [0.15, 0.2) is 0 Å². The lowest BCUT2D eigenvalue weighted by molar-refractivity contribution is -0.0387. The highest BCUT2D eigenvalue weighted by Gasteiger charge is 2.36. The molecule has 1 atom stereocenters. The van der Waals surface area contributed by atoms with Gasteiger partial charge in [0.25, 0.3) is 0 Å². The topological polar surface area (TPSA) is 17.1 Å². The largest absolute Gasteiger partial charge is 0.463 e. The fraction of sp³-hybridized carbons (Fsp3) is 0.750. The van der Waals surface area contributed by atoms with E-state index in [1.807, 2.05) is 0 Å². The molecule has 0 bridgehead atoms. The highest BCUT2D eigenvalue weighted by molar-refractivity contribution is 8.01. The molecule has 0 aromatic rings. The third-order valence-corrected chi connectivity index (χ3v) is 2.73. The molecular weight excluding hydrogens is 153 g/mol. The first-order chi connectivity index (χ1) is 3.81. The summed E-state index contributed by atoms with van der Waals surface area (Å²) in [6.07, 6.45) is 0.674. The molecule has 0 fully saturated rings. The molecule has 0 rings (SSSR count). The summed E-state index contributed by atoms with van der Waals surface area (Å²) in [5.74, 6) is 0. The summed E-state index contributed by atoms with van der Waals surface area (Å²) in [7, 11) is -3.71. The molecule has 0 aliphatic heterocycles. The lowest BCUT2D eigenvalue weighted by Crippen LogP contribution is -2.22. The fourth-order valence-corrected chi connectivity index (χ4v) is 0.401. The monoisotopic (exact) mass is 160 g/mol. The standard InChI is InChI=1S/C4H7F3OS/c1-3-9(2,8)4(5,6)7/h3H,1-2H3. The second kappa shape index (κ2) is 2.21. The molecule has 0 N–H and O–H groups in total. The van der Waals surface area contributed by atoms with Crippen LogP contribution in [0.25, 0.3) is 0 Å². The van der Waals surface area contributed by atoms with E-state index < -0.39 is 15.0 Å². The quantitative estimate of drug-likeness (QED) is 0.487. The van der Waals surface area contributed by atoms with Gasteiger partial charge in [-0.15, -0.1) is 0 Å². The van der Waals surface area contributed by atoms with Gasteiger partial charge in [0.15, 0.2) is 0 Å². The predicted octanol–water partition coefficient (Wildman–Crippen LogP) is 1.24. The second-order valence-electron chi connectivity index (χ2n) is 1.59. The average Bonchev–Trinajstić information content (AvgIpc) is 1.64. The van der Waals surface area contributed by atoms with Crippen LogP contribution < -0.4 is 0 Å². The van der Waals surface area contributed by atoms with Gasteiger partial charge in [-0.2, -0.15) is 13.2 Å². The lowest BCUT2D eigenvalue weighted by atomic mass is 11.0. The van der Waals surface area contributed by atoms with E-state index in [2.05, 4.69) is 0 Å². The Morgan fingerprint density at radius 3 is 1.78 bits per heavy atom. The first kappa shape index (κ1) is 8.81. The summed E-state index contributed by atoms with van der Waals surface area (Å²) in [5, 5.41) is 0.674. The number of alkyl halides is 3. The van der Waals surface area contributed by atoms with E-state index in [0.717, 1.165) is 6.92 Å². The van der Waals surface area contributed by atoms with Gasteiger partial charge in [-0.05, 0) is 12.3 Å². The van der Waals surface area contributed by atoms with Crippen molar-refractivity contribution in [3.8, 4) is 0 Å². The molecule has 5 heteroatoms. The SMILES string of the molecule is CC=S(C)(=O)C(F)(F)F. The molecule has 1 nitrogen and oxygen atoms in total. The third-order valence-electron chi connectivity index (χ3n) is 0.909. The van der Waals surface area contributed by atoms with E-state index >= 15 is 0 Å². The van der Waals surface area contributed by atoms with Crippen LogP contribution in [0.3, 0.4) is 0 Å². The van der Waals surface area contributed by atoms with Crippen LogP contribution in [-0.4, -0.2) is 21.3 Å². The molecule has 0 aromatic heterocycles. The summed E-state index contributed by atoms with van der Waals surface area (Å²) >= 11 is 0. The molecule has 0 aliphatic carbocycles. The van der Waals surface area contributed by atoms with Gasteiger partial charge in [-0.3, -0.25) is 4.21 Å². The van der Waals surface area contributed by atoms with Gasteiger partial charge in [-0.25, -0.2) is 0 Å². The van der Waals surface area contributed by atoms with Gasteiger partial charge in [-0.1, -0.05) is 0 Å². The molecule has 0 saturated heterocycles.